The summed E-state index contributed by atoms with van der Waals surface area (Å²) in [6.45, 7) is 3.04. The summed E-state index contributed by atoms with van der Waals surface area (Å²) in [6, 6.07) is 3.59. The quantitative estimate of drug-likeness (QED) is 0.871. The van der Waals surface area contributed by atoms with E-state index < -0.39 is 0 Å². The van der Waals surface area contributed by atoms with Crippen molar-refractivity contribution < 1.29 is 4.74 Å². The van der Waals surface area contributed by atoms with Gasteiger partial charge in [-0.1, -0.05) is 13.3 Å². The average molecular weight is 273 g/mol. The number of pyridine rings is 1. The molecule has 0 spiro atoms. The molecular weight excluding hydrogens is 254 g/mol. The van der Waals surface area contributed by atoms with Gasteiger partial charge in [0.25, 0.3) is 0 Å². The molecule has 2 rings (SSSR count). The molecule has 0 unspecified atom stereocenters. The van der Waals surface area contributed by atoms with Crippen molar-refractivity contribution in [3.8, 4) is 11.6 Å². The van der Waals surface area contributed by atoms with Gasteiger partial charge in [-0.25, -0.2) is 4.98 Å². The van der Waals surface area contributed by atoms with Crippen LogP contribution in [-0.2, 0) is 0 Å². The highest BCUT2D eigenvalue weighted by molar-refractivity contribution is 5.67. The van der Waals surface area contributed by atoms with Gasteiger partial charge in [0.2, 0.25) is 5.88 Å². The van der Waals surface area contributed by atoms with Crippen molar-refractivity contribution in [2.45, 2.75) is 19.8 Å². The normalized spacial score (nSPS) is 10.3. The van der Waals surface area contributed by atoms with Crippen LogP contribution in [0.2, 0.25) is 0 Å². The first-order valence-corrected chi connectivity index (χ1v) is 6.62. The molecule has 0 bridgehead atoms. The van der Waals surface area contributed by atoms with E-state index in [0.717, 1.165) is 19.4 Å². The number of rotatable bonds is 6. The van der Waals surface area contributed by atoms with Crippen molar-refractivity contribution >= 4 is 11.5 Å². The van der Waals surface area contributed by atoms with Gasteiger partial charge in [0.1, 0.15) is 17.8 Å². The van der Waals surface area contributed by atoms with E-state index in [0.29, 0.717) is 23.1 Å². The predicted octanol–water partition coefficient (Wildman–Crippen LogP) is 2.48. The van der Waals surface area contributed by atoms with E-state index in [2.05, 4.69) is 21.9 Å². The lowest BCUT2D eigenvalue weighted by Gasteiger charge is -2.20. The largest absolute Gasteiger partial charge is 0.435 e. The fourth-order valence-corrected chi connectivity index (χ4v) is 1.78. The van der Waals surface area contributed by atoms with Crippen LogP contribution in [0.3, 0.4) is 0 Å². The van der Waals surface area contributed by atoms with Gasteiger partial charge in [0, 0.05) is 19.8 Å². The minimum Gasteiger partial charge on any atom is -0.435 e. The zero-order valence-electron chi connectivity index (χ0n) is 11.8. The molecule has 0 aliphatic heterocycles. The molecule has 2 aromatic rings. The maximum atomic E-state index is 6.09. The Morgan fingerprint density at radius 1 is 1.35 bits per heavy atom. The van der Waals surface area contributed by atoms with Gasteiger partial charge in [-0.05, 0) is 18.6 Å². The van der Waals surface area contributed by atoms with Crippen LogP contribution in [0.5, 0.6) is 11.6 Å². The van der Waals surface area contributed by atoms with Gasteiger partial charge in [-0.15, -0.1) is 0 Å². The van der Waals surface area contributed by atoms with E-state index >= 15 is 0 Å². The molecule has 0 aromatic carbocycles. The SMILES string of the molecule is CCCCN(C)c1ncnc(Oc2cccnc2)c1N. The van der Waals surface area contributed by atoms with Gasteiger partial charge in [-0.3, -0.25) is 4.98 Å². The number of nitrogens with zero attached hydrogens (tertiary/aromatic N) is 4. The van der Waals surface area contributed by atoms with Crippen LogP contribution in [0.4, 0.5) is 11.5 Å². The average Bonchev–Trinajstić information content (AvgIpc) is 2.48. The molecule has 0 saturated heterocycles. The van der Waals surface area contributed by atoms with Crippen molar-refractivity contribution in [3.05, 3.63) is 30.9 Å². The zero-order valence-corrected chi connectivity index (χ0v) is 11.8. The molecule has 0 radical (unpaired) electrons. The Labute approximate surface area is 118 Å². The van der Waals surface area contributed by atoms with Crippen LogP contribution in [0, 0.1) is 0 Å². The van der Waals surface area contributed by atoms with E-state index in [1.54, 1.807) is 24.5 Å². The molecule has 0 atom stereocenters. The van der Waals surface area contributed by atoms with Crippen molar-refractivity contribution in [2.24, 2.45) is 0 Å². The molecule has 0 amide bonds. The predicted molar refractivity (Wildman–Crippen MR) is 78.9 cm³/mol. The molecule has 0 fully saturated rings. The van der Waals surface area contributed by atoms with E-state index in [-0.39, 0.29) is 0 Å². The second kappa shape index (κ2) is 6.70. The summed E-state index contributed by atoms with van der Waals surface area (Å²) in [6.07, 6.45) is 6.95. The van der Waals surface area contributed by atoms with Crippen LogP contribution in [0.1, 0.15) is 19.8 Å². The third-order valence-electron chi connectivity index (χ3n) is 2.88. The van der Waals surface area contributed by atoms with E-state index in [1.807, 2.05) is 11.9 Å². The Morgan fingerprint density at radius 3 is 2.90 bits per heavy atom. The van der Waals surface area contributed by atoms with Crippen molar-refractivity contribution in [1.29, 1.82) is 0 Å². The Hall–Kier alpha value is -2.37. The number of aromatic nitrogens is 3. The van der Waals surface area contributed by atoms with E-state index in [1.165, 1.54) is 6.33 Å². The summed E-state index contributed by atoms with van der Waals surface area (Å²) in [5.41, 5.74) is 6.53. The highest BCUT2D eigenvalue weighted by Gasteiger charge is 2.13. The number of unbranched alkanes of at least 4 members (excludes halogenated alkanes) is 1. The molecule has 2 heterocycles. The van der Waals surface area contributed by atoms with E-state index in [9.17, 15) is 0 Å². The minimum atomic E-state index is 0.353. The zero-order chi connectivity index (χ0) is 14.4. The van der Waals surface area contributed by atoms with Crippen LogP contribution < -0.4 is 15.4 Å². The van der Waals surface area contributed by atoms with Crippen LogP contribution >= 0.6 is 0 Å². The topological polar surface area (TPSA) is 77.2 Å². The fourth-order valence-electron chi connectivity index (χ4n) is 1.78. The van der Waals surface area contributed by atoms with Crippen molar-refractivity contribution in [2.75, 3.05) is 24.2 Å². The monoisotopic (exact) mass is 273 g/mol. The second-order valence-corrected chi connectivity index (χ2v) is 4.48. The molecule has 6 heteroatoms. The van der Waals surface area contributed by atoms with Gasteiger partial charge in [0.15, 0.2) is 5.82 Å². The van der Waals surface area contributed by atoms with Crippen LogP contribution in [0.15, 0.2) is 30.9 Å². The van der Waals surface area contributed by atoms with Crippen molar-refractivity contribution in [3.63, 3.8) is 0 Å². The molecule has 2 N–H and O–H groups in total. The Balaban J connectivity index is 2.19. The summed E-state index contributed by atoms with van der Waals surface area (Å²) in [7, 11) is 1.96. The Morgan fingerprint density at radius 2 is 2.20 bits per heavy atom. The molecule has 0 aliphatic carbocycles. The number of nitrogen functional groups attached to an aromatic ring is 1. The second-order valence-electron chi connectivity index (χ2n) is 4.48. The maximum Gasteiger partial charge on any atom is 0.248 e. The minimum absolute atomic E-state index is 0.353. The van der Waals surface area contributed by atoms with Crippen LogP contribution in [-0.4, -0.2) is 28.5 Å². The highest BCUT2D eigenvalue weighted by atomic mass is 16.5. The standard InChI is InChI=1S/C14H19N5O/c1-3-4-8-19(2)13-12(15)14(18-10-17-13)20-11-6-5-7-16-9-11/h5-7,9-10H,3-4,8,15H2,1-2H3. The summed E-state index contributed by atoms with van der Waals surface area (Å²) in [4.78, 5) is 14.3. The third-order valence-corrected chi connectivity index (χ3v) is 2.88. The molecule has 6 nitrogen and oxygen atoms in total. The first-order chi connectivity index (χ1) is 9.72. The van der Waals surface area contributed by atoms with Gasteiger partial charge < -0.3 is 15.4 Å². The summed E-state index contributed by atoms with van der Waals surface area (Å²) >= 11 is 0. The number of hydrogen-bond acceptors (Lipinski definition) is 6. The number of hydrogen-bond donors (Lipinski definition) is 1. The van der Waals surface area contributed by atoms with Crippen molar-refractivity contribution in [1.82, 2.24) is 15.0 Å². The van der Waals surface area contributed by atoms with Gasteiger partial charge >= 0.3 is 0 Å². The van der Waals surface area contributed by atoms with Gasteiger partial charge in [-0.2, -0.15) is 4.98 Å². The molecule has 2 aromatic heterocycles. The summed E-state index contributed by atoms with van der Waals surface area (Å²) in [5, 5.41) is 0. The molecule has 106 valence electrons. The molecular formula is C14H19N5O. The van der Waals surface area contributed by atoms with Gasteiger partial charge in [0.05, 0.1) is 6.20 Å². The first-order valence-electron chi connectivity index (χ1n) is 6.62. The number of anilines is 2. The summed E-state index contributed by atoms with van der Waals surface area (Å²) < 4.78 is 5.64. The number of ether oxygens (including phenoxy) is 1. The Kier molecular flexibility index (Phi) is 4.70. The number of nitrogens with two attached hydrogens (primary N) is 1. The lowest BCUT2D eigenvalue weighted by Crippen LogP contribution is -2.21. The van der Waals surface area contributed by atoms with E-state index in [4.69, 9.17) is 10.5 Å². The Bertz CT molecular complexity index is 547. The first kappa shape index (κ1) is 14.0. The van der Waals surface area contributed by atoms with Crippen LogP contribution in [0.25, 0.3) is 0 Å². The lowest BCUT2D eigenvalue weighted by atomic mass is 10.3. The highest BCUT2D eigenvalue weighted by Crippen LogP contribution is 2.30. The smallest absolute Gasteiger partial charge is 0.248 e. The third kappa shape index (κ3) is 3.34. The fraction of sp³-hybridized carbons (Fsp3) is 0.357. The molecule has 0 aliphatic rings. The molecule has 0 saturated carbocycles. The summed E-state index contributed by atoms with van der Waals surface area (Å²) in [5.74, 6) is 1.64. The maximum absolute atomic E-state index is 6.09. The molecule has 20 heavy (non-hydrogen) atoms. The lowest BCUT2D eigenvalue weighted by molar-refractivity contribution is 0.462.